The molecule has 1 saturated heterocycles. The number of aryl methyl sites for hydroxylation is 2. The zero-order valence-electron chi connectivity index (χ0n) is 17.1. The molecule has 1 aromatic rings. The first-order chi connectivity index (χ1) is 13.1. The summed E-state index contributed by atoms with van der Waals surface area (Å²) in [6.07, 6.45) is 3.12. The molecule has 0 unspecified atom stereocenters. The number of methoxy groups -OCH3 is 1. The normalized spacial score (nSPS) is 15.4. The summed E-state index contributed by atoms with van der Waals surface area (Å²) in [6.45, 7) is 5.25. The van der Waals surface area contributed by atoms with Crippen molar-refractivity contribution in [2.45, 2.75) is 39.5 Å². The number of likely N-dealkylation sites (tertiary alicyclic amines) is 1. The first kappa shape index (κ1) is 22.2. The smallest absolute Gasteiger partial charge is 0.308 e. The molecular formula is C20H30N2O5S. The number of amides is 1. The molecule has 28 heavy (non-hydrogen) atoms. The van der Waals surface area contributed by atoms with E-state index in [9.17, 15) is 18.0 Å². The third-order valence-corrected chi connectivity index (χ3v) is 6.51. The summed E-state index contributed by atoms with van der Waals surface area (Å²) in [6, 6.07) is 5.55. The molecule has 8 heteroatoms. The van der Waals surface area contributed by atoms with Gasteiger partial charge in [0.1, 0.15) is 0 Å². The minimum Gasteiger partial charge on any atom is -0.469 e. The van der Waals surface area contributed by atoms with Gasteiger partial charge in [-0.05, 0) is 56.4 Å². The van der Waals surface area contributed by atoms with Crippen LogP contribution in [0.15, 0.2) is 18.2 Å². The lowest BCUT2D eigenvalue weighted by atomic mass is 9.97. The Morgan fingerprint density at radius 1 is 1.18 bits per heavy atom. The van der Waals surface area contributed by atoms with Crippen molar-refractivity contribution in [2.24, 2.45) is 5.92 Å². The van der Waals surface area contributed by atoms with Crippen molar-refractivity contribution in [3.8, 4) is 0 Å². The van der Waals surface area contributed by atoms with E-state index in [4.69, 9.17) is 4.74 Å². The van der Waals surface area contributed by atoms with Crippen LogP contribution in [-0.2, 0) is 24.3 Å². The zero-order chi connectivity index (χ0) is 20.9. The topological polar surface area (TPSA) is 84.0 Å². The second-order valence-corrected chi connectivity index (χ2v) is 9.29. The van der Waals surface area contributed by atoms with Gasteiger partial charge in [-0.1, -0.05) is 6.07 Å². The van der Waals surface area contributed by atoms with E-state index >= 15 is 0 Å². The minimum absolute atomic E-state index is 0.00291. The van der Waals surface area contributed by atoms with E-state index in [1.54, 1.807) is 11.0 Å². The van der Waals surface area contributed by atoms with E-state index in [2.05, 4.69) is 0 Å². The number of rotatable bonds is 7. The molecule has 1 fully saturated rings. The Balaban J connectivity index is 1.91. The molecule has 0 atom stereocenters. The number of esters is 1. The minimum atomic E-state index is -3.43. The highest BCUT2D eigenvalue weighted by molar-refractivity contribution is 7.92. The second kappa shape index (κ2) is 9.41. The van der Waals surface area contributed by atoms with Gasteiger partial charge in [0.05, 0.1) is 25.0 Å². The van der Waals surface area contributed by atoms with Crippen molar-refractivity contribution in [3.63, 3.8) is 0 Å². The summed E-state index contributed by atoms with van der Waals surface area (Å²) >= 11 is 0. The molecule has 1 aliphatic rings. The Bertz CT molecular complexity index is 814. The van der Waals surface area contributed by atoms with Crippen LogP contribution in [0.25, 0.3) is 0 Å². The summed E-state index contributed by atoms with van der Waals surface area (Å²) in [5.41, 5.74) is 2.75. The van der Waals surface area contributed by atoms with Crippen LogP contribution in [0.3, 0.4) is 0 Å². The molecule has 1 amide bonds. The Kier molecular flexibility index (Phi) is 7.46. The first-order valence-electron chi connectivity index (χ1n) is 9.54. The predicted molar refractivity (Wildman–Crippen MR) is 109 cm³/mol. The lowest BCUT2D eigenvalue weighted by Crippen LogP contribution is -2.40. The fourth-order valence-electron chi connectivity index (χ4n) is 3.43. The van der Waals surface area contributed by atoms with Crippen LogP contribution in [-0.4, -0.2) is 58.2 Å². The van der Waals surface area contributed by atoms with Crippen molar-refractivity contribution >= 4 is 27.6 Å². The molecule has 156 valence electrons. The number of benzene rings is 1. The molecule has 0 aromatic heterocycles. The van der Waals surface area contributed by atoms with Crippen molar-refractivity contribution in [1.82, 2.24) is 4.90 Å². The van der Waals surface area contributed by atoms with Crippen LogP contribution in [0.1, 0.15) is 36.8 Å². The standard InChI is InChI=1S/C20H30N2O5S/c1-15-7-8-18(14-16(15)2)22(28(4,25)26)11-5-6-19(23)21-12-9-17(10-13-21)20(24)27-3/h7-8,14,17H,5-6,9-13H2,1-4H3. The number of hydrogen-bond donors (Lipinski definition) is 0. The van der Waals surface area contributed by atoms with E-state index < -0.39 is 10.0 Å². The van der Waals surface area contributed by atoms with E-state index in [0.29, 0.717) is 38.0 Å². The van der Waals surface area contributed by atoms with Gasteiger partial charge in [0.2, 0.25) is 15.9 Å². The molecule has 1 aromatic carbocycles. The zero-order valence-corrected chi connectivity index (χ0v) is 17.9. The molecule has 0 bridgehead atoms. The molecule has 0 saturated carbocycles. The SMILES string of the molecule is COC(=O)C1CCN(C(=O)CCCN(c2ccc(C)c(C)c2)S(C)(=O)=O)CC1. The highest BCUT2D eigenvalue weighted by Crippen LogP contribution is 2.23. The van der Waals surface area contributed by atoms with Gasteiger partial charge in [0.15, 0.2) is 0 Å². The maximum atomic E-state index is 12.5. The van der Waals surface area contributed by atoms with Gasteiger partial charge in [0, 0.05) is 26.1 Å². The third kappa shape index (κ3) is 5.70. The van der Waals surface area contributed by atoms with E-state index in [0.717, 1.165) is 11.1 Å². The van der Waals surface area contributed by atoms with Gasteiger partial charge in [-0.25, -0.2) is 8.42 Å². The Hall–Kier alpha value is -2.09. The fraction of sp³-hybridized carbons (Fsp3) is 0.600. The molecule has 7 nitrogen and oxygen atoms in total. The summed E-state index contributed by atoms with van der Waals surface area (Å²) < 4.78 is 30.6. The number of nitrogens with zero attached hydrogens (tertiary/aromatic N) is 2. The maximum absolute atomic E-state index is 12.5. The highest BCUT2D eigenvalue weighted by Gasteiger charge is 2.28. The van der Waals surface area contributed by atoms with Crippen molar-refractivity contribution in [3.05, 3.63) is 29.3 Å². The van der Waals surface area contributed by atoms with Crippen molar-refractivity contribution in [2.75, 3.05) is 37.3 Å². The average Bonchev–Trinajstić information content (AvgIpc) is 2.66. The molecule has 1 heterocycles. The number of carbonyl (C=O) groups excluding carboxylic acids is 2. The fourth-order valence-corrected chi connectivity index (χ4v) is 4.39. The molecule has 0 N–H and O–H groups in total. The van der Waals surface area contributed by atoms with E-state index in [1.165, 1.54) is 17.7 Å². The summed E-state index contributed by atoms with van der Waals surface area (Å²) in [5.74, 6) is -0.360. The van der Waals surface area contributed by atoms with Crippen LogP contribution in [0, 0.1) is 19.8 Å². The maximum Gasteiger partial charge on any atom is 0.308 e. The number of carbonyl (C=O) groups is 2. The predicted octanol–water partition coefficient (Wildman–Crippen LogP) is 2.26. The van der Waals surface area contributed by atoms with Crippen molar-refractivity contribution < 1.29 is 22.7 Å². The second-order valence-electron chi connectivity index (χ2n) is 7.39. The van der Waals surface area contributed by atoms with E-state index in [1.807, 2.05) is 26.0 Å². The molecule has 0 radical (unpaired) electrons. The van der Waals surface area contributed by atoms with Gasteiger partial charge in [-0.3, -0.25) is 13.9 Å². The largest absolute Gasteiger partial charge is 0.469 e. The molecular weight excluding hydrogens is 380 g/mol. The lowest BCUT2D eigenvalue weighted by Gasteiger charge is -2.31. The van der Waals surface area contributed by atoms with Crippen molar-refractivity contribution in [1.29, 1.82) is 0 Å². The first-order valence-corrected chi connectivity index (χ1v) is 11.4. The number of hydrogen-bond acceptors (Lipinski definition) is 5. The lowest BCUT2D eigenvalue weighted by molar-refractivity contribution is -0.148. The Labute approximate surface area is 167 Å². The number of piperidine rings is 1. The van der Waals surface area contributed by atoms with Gasteiger partial charge in [-0.2, -0.15) is 0 Å². The van der Waals surface area contributed by atoms with Gasteiger partial charge in [0.25, 0.3) is 0 Å². The monoisotopic (exact) mass is 410 g/mol. The summed E-state index contributed by atoms with van der Waals surface area (Å²) in [7, 11) is -2.06. The highest BCUT2D eigenvalue weighted by atomic mass is 32.2. The summed E-state index contributed by atoms with van der Waals surface area (Å²) in [4.78, 5) is 25.8. The van der Waals surface area contributed by atoms with Crippen LogP contribution >= 0.6 is 0 Å². The number of sulfonamides is 1. The molecule has 1 aliphatic heterocycles. The Morgan fingerprint density at radius 2 is 1.82 bits per heavy atom. The van der Waals surface area contributed by atoms with Gasteiger partial charge >= 0.3 is 5.97 Å². The third-order valence-electron chi connectivity index (χ3n) is 5.31. The summed E-state index contributed by atoms with van der Waals surface area (Å²) in [5, 5.41) is 0. The Morgan fingerprint density at radius 3 is 2.36 bits per heavy atom. The van der Waals surface area contributed by atoms with Crippen LogP contribution in [0.5, 0.6) is 0 Å². The van der Waals surface area contributed by atoms with E-state index in [-0.39, 0.29) is 30.8 Å². The van der Waals surface area contributed by atoms with Crippen LogP contribution in [0.4, 0.5) is 5.69 Å². The van der Waals surface area contributed by atoms with Gasteiger partial charge < -0.3 is 9.64 Å². The quantitative estimate of drug-likeness (QED) is 0.644. The van der Waals surface area contributed by atoms with Crippen LogP contribution in [0.2, 0.25) is 0 Å². The van der Waals surface area contributed by atoms with Gasteiger partial charge in [-0.15, -0.1) is 0 Å². The molecule has 0 aliphatic carbocycles. The average molecular weight is 411 g/mol. The number of anilines is 1. The molecule has 2 rings (SSSR count). The van der Waals surface area contributed by atoms with Crippen LogP contribution < -0.4 is 4.31 Å². The molecule has 0 spiro atoms. The number of ether oxygens (including phenoxy) is 1.